The summed E-state index contributed by atoms with van der Waals surface area (Å²) in [6.07, 6.45) is 11.4. The minimum Gasteiger partial charge on any atom is -0.481 e. The van der Waals surface area contributed by atoms with Crippen LogP contribution in [0.5, 0.6) is 0 Å². The molecule has 3 rings (SSSR count). The molecule has 0 aromatic rings. The van der Waals surface area contributed by atoms with Crippen molar-refractivity contribution in [2.24, 2.45) is 17.8 Å². The number of allylic oxidation sites excluding steroid dienone is 1. The van der Waals surface area contributed by atoms with Crippen LogP contribution in [0.4, 0.5) is 0 Å². The maximum atomic E-state index is 10.9. The molecule has 5 nitrogen and oxygen atoms in total. The lowest BCUT2D eigenvalue weighted by Gasteiger charge is -2.57. The fourth-order valence-electron chi connectivity index (χ4n) is 5.50. The molecule has 0 radical (unpaired) electrons. The second-order valence-corrected chi connectivity index (χ2v) is 9.33. The van der Waals surface area contributed by atoms with E-state index in [1.165, 1.54) is 12.0 Å². The molecule has 168 valence electrons. The van der Waals surface area contributed by atoms with E-state index in [9.17, 15) is 15.0 Å². The molecule has 3 fully saturated rings. The highest BCUT2D eigenvalue weighted by atomic mass is 16.5. The molecule has 3 aliphatic rings. The fourth-order valence-corrected chi connectivity index (χ4v) is 5.50. The zero-order valence-corrected chi connectivity index (χ0v) is 18.3. The van der Waals surface area contributed by atoms with Crippen LogP contribution in [0.3, 0.4) is 0 Å². The van der Waals surface area contributed by atoms with E-state index in [0.717, 1.165) is 51.4 Å². The highest BCUT2D eigenvalue weighted by Gasteiger charge is 2.58. The Hall–Kier alpha value is -1.35. The second kappa shape index (κ2) is 10.8. The number of carboxylic acids is 1. The second-order valence-electron chi connectivity index (χ2n) is 9.33. The number of aliphatic hydroxyl groups is 2. The molecule has 5 unspecified atom stereocenters. The average Bonchev–Trinajstić information content (AvgIpc) is 2.73. The number of ether oxygens (including phenoxy) is 1. The zero-order chi connectivity index (χ0) is 21.6. The Balaban J connectivity index is 1.73. The van der Waals surface area contributed by atoms with Crippen molar-refractivity contribution >= 4 is 5.97 Å². The maximum Gasteiger partial charge on any atom is 0.303 e. The molecule has 5 atom stereocenters. The van der Waals surface area contributed by atoms with Gasteiger partial charge < -0.3 is 20.1 Å². The van der Waals surface area contributed by atoms with Gasteiger partial charge in [0, 0.05) is 18.9 Å². The Kier molecular flexibility index (Phi) is 8.39. The lowest BCUT2D eigenvalue weighted by molar-refractivity contribution is -0.156. The van der Waals surface area contributed by atoms with Crippen LogP contribution >= 0.6 is 0 Å². The minimum absolute atomic E-state index is 0.111. The van der Waals surface area contributed by atoms with Crippen molar-refractivity contribution in [3.63, 3.8) is 0 Å². The van der Waals surface area contributed by atoms with E-state index in [-0.39, 0.29) is 24.2 Å². The molecule has 0 heterocycles. The Morgan fingerprint density at radius 3 is 2.77 bits per heavy atom. The van der Waals surface area contributed by atoms with E-state index < -0.39 is 23.8 Å². The first-order chi connectivity index (χ1) is 14.5. The van der Waals surface area contributed by atoms with Crippen LogP contribution in [-0.2, 0) is 9.53 Å². The highest BCUT2D eigenvalue weighted by Crippen LogP contribution is 2.57. The summed E-state index contributed by atoms with van der Waals surface area (Å²) in [4.78, 5) is 10.9. The fraction of sp³-hybridized carbons (Fsp3) is 0.800. The van der Waals surface area contributed by atoms with Gasteiger partial charge in [0.2, 0.25) is 0 Å². The number of hydrogen-bond donors (Lipinski definition) is 3. The molecular formula is C25H38O5. The number of carboxylic acid groups (broad SMARTS) is 1. The molecule has 3 aliphatic carbocycles. The molecule has 0 aromatic heterocycles. The third-order valence-electron chi connectivity index (χ3n) is 7.34. The molecule has 0 amide bonds. The van der Waals surface area contributed by atoms with Crippen LogP contribution in [0.1, 0.15) is 84.0 Å². The summed E-state index contributed by atoms with van der Waals surface area (Å²) in [5.74, 6) is 5.72. The van der Waals surface area contributed by atoms with Gasteiger partial charge >= 0.3 is 5.97 Å². The predicted molar refractivity (Wildman–Crippen MR) is 116 cm³/mol. The third kappa shape index (κ3) is 5.28. The van der Waals surface area contributed by atoms with Gasteiger partial charge in [-0.25, -0.2) is 0 Å². The number of unbranched alkanes of at least 4 members (excludes halogenated alkanes) is 1. The van der Waals surface area contributed by atoms with Crippen LogP contribution in [-0.4, -0.2) is 45.7 Å². The van der Waals surface area contributed by atoms with Gasteiger partial charge in [-0.2, -0.15) is 0 Å². The van der Waals surface area contributed by atoms with Gasteiger partial charge in [-0.3, -0.25) is 4.79 Å². The lowest BCUT2D eigenvalue weighted by Crippen LogP contribution is -2.60. The van der Waals surface area contributed by atoms with Crippen molar-refractivity contribution in [1.82, 2.24) is 0 Å². The number of fused-ring (bicyclic) bond motifs is 1. The smallest absolute Gasteiger partial charge is 0.303 e. The zero-order valence-electron chi connectivity index (χ0n) is 18.3. The van der Waals surface area contributed by atoms with Crippen molar-refractivity contribution in [3.05, 3.63) is 11.6 Å². The Labute approximate surface area is 180 Å². The van der Waals surface area contributed by atoms with E-state index in [0.29, 0.717) is 19.4 Å². The molecular weight excluding hydrogens is 380 g/mol. The number of rotatable bonds is 8. The van der Waals surface area contributed by atoms with Gasteiger partial charge in [-0.1, -0.05) is 50.5 Å². The summed E-state index contributed by atoms with van der Waals surface area (Å²) < 4.78 is 6.42. The Morgan fingerprint density at radius 2 is 2.07 bits per heavy atom. The van der Waals surface area contributed by atoms with Gasteiger partial charge in [-0.05, 0) is 56.4 Å². The largest absolute Gasteiger partial charge is 0.481 e. The summed E-state index contributed by atoms with van der Waals surface area (Å²) in [6.45, 7) is 2.80. The molecule has 0 saturated heterocycles. The highest BCUT2D eigenvalue weighted by molar-refractivity contribution is 5.66. The summed E-state index contributed by atoms with van der Waals surface area (Å²) >= 11 is 0. The molecule has 0 aromatic carbocycles. The third-order valence-corrected chi connectivity index (χ3v) is 7.34. The van der Waals surface area contributed by atoms with Crippen molar-refractivity contribution in [2.45, 2.75) is 102 Å². The summed E-state index contributed by atoms with van der Waals surface area (Å²) in [6, 6.07) is 0. The molecule has 5 heteroatoms. The van der Waals surface area contributed by atoms with E-state index in [1.54, 1.807) is 0 Å². The van der Waals surface area contributed by atoms with E-state index in [2.05, 4.69) is 18.8 Å². The number of aliphatic carboxylic acids is 1. The number of carbonyl (C=O) groups is 1. The maximum absolute atomic E-state index is 10.9. The topological polar surface area (TPSA) is 87.0 Å². The van der Waals surface area contributed by atoms with Gasteiger partial charge in [0.1, 0.15) is 6.10 Å². The van der Waals surface area contributed by atoms with Crippen LogP contribution in [0, 0.1) is 29.6 Å². The van der Waals surface area contributed by atoms with Gasteiger partial charge in [0.25, 0.3) is 0 Å². The van der Waals surface area contributed by atoms with Gasteiger partial charge in [0.15, 0.2) is 0 Å². The summed E-state index contributed by atoms with van der Waals surface area (Å²) in [7, 11) is 0. The van der Waals surface area contributed by atoms with E-state index in [1.807, 2.05) is 6.08 Å². The normalized spacial score (nSPS) is 33.8. The SMILES string of the molecule is CCCCOC12CCC(O)C(C#CC(O)C3CCCCC3)C1CC2=CCCC(=O)O. The van der Waals surface area contributed by atoms with Crippen LogP contribution in [0.25, 0.3) is 0 Å². The first kappa shape index (κ1) is 23.3. The molecule has 3 saturated carbocycles. The van der Waals surface area contributed by atoms with E-state index in [4.69, 9.17) is 9.84 Å². The first-order valence-electron chi connectivity index (χ1n) is 11.9. The summed E-state index contributed by atoms with van der Waals surface area (Å²) in [5, 5.41) is 30.2. The Bertz CT molecular complexity index is 669. The molecule has 0 aliphatic heterocycles. The number of hydrogen-bond acceptors (Lipinski definition) is 4. The Morgan fingerprint density at radius 1 is 1.30 bits per heavy atom. The van der Waals surface area contributed by atoms with Crippen LogP contribution < -0.4 is 0 Å². The summed E-state index contributed by atoms with van der Waals surface area (Å²) in [5.41, 5.74) is 0.763. The van der Waals surface area contributed by atoms with Crippen molar-refractivity contribution in [1.29, 1.82) is 0 Å². The quantitative estimate of drug-likeness (QED) is 0.314. The molecule has 30 heavy (non-hydrogen) atoms. The van der Waals surface area contributed by atoms with Crippen LogP contribution in [0.2, 0.25) is 0 Å². The predicted octanol–water partition coefficient (Wildman–Crippen LogP) is 4.07. The standard InChI is InChI=1S/C25H38O5/c1-2-3-16-30-25-15-14-23(27)20(12-13-22(26)18-8-5-4-6-9-18)21(25)17-19(25)10-7-11-24(28)29/h10,18,20-23,26-27H,2-9,11,14-17H2,1H3,(H,28,29). The van der Waals surface area contributed by atoms with E-state index >= 15 is 0 Å². The van der Waals surface area contributed by atoms with Crippen molar-refractivity contribution in [2.75, 3.05) is 6.61 Å². The monoisotopic (exact) mass is 418 g/mol. The lowest BCUT2D eigenvalue weighted by atomic mass is 9.53. The van der Waals surface area contributed by atoms with Crippen molar-refractivity contribution in [3.8, 4) is 11.8 Å². The number of aliphatic hydroxyl groups excluding tert-OH is 2. The average molecular weight is 419 g/mol. The van der Waals surface area contributed by atoms with Crippen LogP contribution in [0.15, 0.2) is 11.6 Å². The molecule has 0 spiro atoms. The van der Waals surface area contributed by atoms with Gasteiger partial charge in [-0.15, -0.1) is 0 Å². The molecule has 3 N–H and O–H groups in total. The van der Waals surface area contributed by atoms with Crippen molar-refractivity contribution < 1.29 is 24.9 Å². The first-order valence-corrected chi connectivity index (χ1v) is 11.9. The van der Waals surface area contributed by atoms with Gasteiger partial charge in [0.05, 0.1) is 17.6 Å². The minimum atomic E-state index is -0.789. The molecule has 0 bridgehead atoms.